The molecule has 6 heteroatoms. The Balaban J connectivity index is 4.54. The molecular weight excluding hydrogens is 178 g/mol. The Kier molecular flexibility index (Phi) is 5.76. The SMILES string of the molecule is COCN(OC)C([C]=O)(OC)OC. The Labute approximate surface area is 77.3 Å². The maximum Gasteiger partial charge on any atom is 0.324 e. The molecule has 0 amide bonds. The quantitative estimate of drug-likeness (QED) is 0.401. The Hall–Kier alpha value is -0.530. The maximum absolute atomic E-state index is 10.6. The number of hydrogen-bond donors (Lipinski definition) is 0. The molecule has 0 rings (SSSR count). The molecule has 0 saturated heterocycles. The minimum Gasteiger partial charge on any atom is -0.367 e. The average Bonchev–Trinajstić information content (AvgIpc) is 2.19. The lowest BCUT2D eigenvalue weighted by Crippen LogP contribution is -2.53. The number of ether oxygens (including phenoxy) is 3. The fraction of sp³-hybridized carbons (Fsp3) is 0.857. The molecule has 0 spiro atoms. The van der Waals surface area contributed by atoms with Crippen LogP contribution in [0.1, 0.15) is 0 Å². The van der Waals surface area contributed by atoms with Crippen molar-refractivity contribution in [1.82, 2.24) is 5.06 Å². The van der Waals surface area contributed by atoms with Gasteiger partial charge in [0, 0.05) is 21.3 Å². The molecule has 0 aromatic carbocycles. The van der Waals surface area contributed by atoms with Gasteiger partial charge in [-0.25, -0.2) is 0 Å². The van der Waals surface area contributed by atoms with Crippen molar-refractivity contribution in [2.75, 3.05) is 35.2 Å². The molecule has 0 N–H and O–H groups in total. The van der Waals surface area contributed by atoms with E-state index in [-0.39, 0.29) is 6.73 Å². The molecule has 0 aromatic heterocycles. The third-order valence-corrected chi connectivity index (χ3v) is 1.48. The highest BCUT2D eigenvalue weighted by molar-refractivity contribution is 5.60. The normalized spacial score (nSPS) is 12.1. The van der Waals surface area contributed by atoms with Gasteiger partial charge in [-0.3, -0.25) is 9.63 Å². The van der Waals surface area contributed by atoms with Gasteiger partial charge in [-0.2, -0.15) is 0 Å². The van der Waals surface area contributed by atoms with Crippen molar-refractivity contribution in [3.63, 3.8) is 0 Å². The van der Waals surface area contributed by atoms with Crippen LogP contribution in [0.5, 0.6) is 0 Å². The highest BCUT2D eigenvalue weighted by Gasteiger charge is 2.39. The Morgan fingerprint density at radius 1 is 1.23 bits per heavy atom. The zero-order chi connectivity index (χ0) is 10.3. The first-order valence-corrected chi connectivity index (χ1v) is 3.51. The summed E-state index contributed by atoms with van der Waals surface area (Å²) in [6.07, 6.45) is 1.58. The maximum atomic E-state index is 10.6. The minimum atomic E-state index is -1.68. The van der Waals surface area contributed by atoms with E-state index in [1.54, 1.807) is 6.29 Å². The first-order valence-electron chi connectivity index (χ1n) is 3.51. The topological polar surface area (TPSA) is 57.2 Å². The fourth-order valence-electron chi connectivity index (χ4n) is 0.796. The number of carbonyl (C=O) groups excluding carboxylic acids is 1. The van der Waals surface area contributed by atoms with Crippen molar-refractivity contribution >= 4 is 6.29 Å². The Morgan fingerprint density at radius 2 is 1.77 bits per heavy atom. The van der Waals surface area contributed by atoms with Gasteiger partial charge in [-0.15, -0.1) is 0 Å². The van der Waals surface area contributed by atoms with Gasteiger partial charge in [-0.05, 0) is 0 Å². The van der Waals surface area contributed by atoms with E-state index in [1.807, 2.05) is 0 Å². The van der Waals surface area contributed by atoms with Crippen molar-refractivity contribution in [1.29, 1.82) is 0 Å². The molecule has 77 valence electrons. The summed E-state index contributed by atoms with van der Waals surface area (Å²) in [5, 5.41) is 1.07. The minimum absolute atomic E-state index is 0.0212. The third kappa shape index (κ3) is 2.71. The largest absolute Gasteiger partial charge is 0.367 e. The molecule has 0 heterocycles. The van der Waals surface area contributed by atoms with E-state index in [0.717, 1.165) is 5.06 Å². The molecular formula is C7H14NO5. The van der Waals surface area contributed by atoms with Gasteiger partial charge in [-0.1, -0.05) is 5.06 Å². The molecule has 0 aromatic rings. The zero-order valence-corrected chi connectivity index (χ0v) is 8.20. The van der Waals surface area contributed by atoms with E-state index in [1.165, 1.54) is 28.4 Å². The number of hydroxylamine groups is 2. The van der Waals surface area contributed by atoms with Gasteiger partial charge < -0.3 is 14.2 Å². The van der Waals surface area contributed by atoms with Crippen LogP contribution in [0.25, 0.3) is 0 Å². The summed E-state index contributed by atoms with van der Waals surface area (Å²) in [5.41, 5.74) is 0. The second-order valence-corrected chi connectivity index (χ2v) is 2.07. The number of nitrogens with zero attached hydrogens (tertiary/aromatic N) is 1. The van der Waals surface area contributed by atoms with Gasteiger partial charge in [0.25, 0.3) is 6.29 Å². The molecule has 13 heavy (non-hydrogen) atoms. The van der Waals surface area contributed by atoms with Crippen molar-refractivity contribution in [2.24, 2.45) is 0 Å². The average molecular weight is 192 g/mol. The third-order valence-electron chi connectivity index (χ3n) is 1.48. The second kappa shape index (κ2) is 6.01. The standard InChI is InChI=1S/C7H14NO5/c1-10-6-8(13-4)7(5-9,11-2)12-3/h6H2,1-4H3. The first-order chi connectivity index (χ1) is 6.20. The monoisotopic (exact) mass is 192 g/mol. The molecule has 0 fully saturated rings. The van der Waals surface area contributed by atoms with Crippen molar-refractivity contribution in [3.05, 3.63) is 0 Å². The van der Waals surface area contributed by atoms with Gasteiger partial charge in [0.05, 0.1) is 7.11 Å². The summed E-state index contributed by atoms with van der Waals surface area (Å²) < 4.78 is 14.4. The van der Waals surface area contributed by atoms with Crippen LogP contribution in [0.4, 0.5) is 0 Å². The summed E-state index contributed by atoms with van der Waals surface area (Å²) in [4.78, 5) is 15.4. The summed E-state index contributed by atoms with van der Waals surface area (Å²) in [5.74, 6) is -1.68. The molecule has 0 saturated carbocycles. The lowest BCUT2D eigenvalue weighted by molar-refractivity contribution is -0.369. The first kappa shape index (κ1) is 12.5. The summed E-state index contributed by atoms with van der Waals surface area (Å²) in [6, 6.07) is 0. The van der Waals surface area contributed by atoms with E-state index in [9.17, 15) is 4.79 Å². The van der Waals surface area contributed by atoms with Crippen LogP contribution in [-0.4, -0.2) is 52.4 Å². The van der Waals surface area contributed by atoms with Crippen molar-refractivity contribution in [2.45, 2.75) is 5.91 Å². The number of rotatable bonds is 7. The van der Waals surface area contributed by atoms with Gasteiger partial charge in [0.1, 0.15) is 6.73 Å². The summed E-state index contributed by atoms with van der Waals surface area (Å²) in [6.45, 7) is 0.0212. The van der Waals surface area contributed by atoms with E-state index >= 15 is 0 Å². The zero-order valence-electron chi connectivity index (χ0n) is 8.20. The van der Waals surface area contributed by atoms with Gasteiger partial charge in [0.15, 0.2) is 0 Å². The lowest BCUT2D eigenvalue weighted by Gasteiger charge is -2.32. The van der Waals surface area contributed by atoms with E-state index in [4.69, 9.17) is 19.0 Å². The molecule has 1 radical (unpaired) electrons. The number of hydrogen-bond acceptors (Lipinski definition) is 6. The Bertz CT molecular complexity index is 148. The number of methoxy groups -OCH3 is 3. The van der Waals surface area contributed by atoms with E-state index in [0.29, 0.717) is 0 Å². The highest BCUT2D eigenvalue weighted by atomic mass is 16.8. The van der Waals surface area contributed by atoms with Crippen molar-refractivity contribution in [3.8, 4) is 0 Å². The smallest absolute Gasteiger partial charge is 0.324 e. The van der Waals surface area contributed by atoms with Crippen LogP contribution in [0.3, 0.4) is 0 Å². The molecule has 0 aliphatic rings. The van der Waals surface area contributed by atoms with Crippen LogP contribution in [0.2, 0.25) is 0 Å². The molecule has 0 unspecified atom stereocenters. The van der Waals surface area contributed by atoms with E-state index < -0.39 is 5.91 Å². The molecule has 0 aliphatic heterocycles. The predicted molar refractivity (Wildman–Crippen MR) is 43.2 cm³/mol. The van der Waals surface area contributed by atoms with Crippen LogP contribution in [0.15, 0.2) is 0 Å². The Morgan fingerprint density at radius 3 is 2.00 bits per heavy atom. The lowest BCUT2D eigenvalue weighted by atomic mass is 10.5. The van der Waals surface area contributed by atoms with Crippen LogP contribution >= 0.6 is 0 Å². The summed E-state index contributed by atoms with van der Waals surface area (Å²) in [7, 11) is 5.42. The van der Waals surface area contributed by atoms with Crippen molar-refractivity contribution < 1.29 is 23.8 Å². The second-order valence-electron chi connectivity index (χ2n) is 2.07. The highest BCUT2D eigenvalue weighted by Crippen LogP contribution is 2.14. The van der Waals surface area contributed by atoms with E-state index in [2.05, 4.69) is 0 Å². The predicted octanol–water partition coefficient (Wildman–Crippen LogP) is -0.490. The van der Waals surface area contributed by atoms with Gasteiger partial charge in [0.2, 0.25) is 0 Å². The van der Waals surface area contributed by atoms with Gasteiger partial charge >= 0.3 is 5.91 Å². The molecule has 0 atom stereocenters. The van der Waals surface area contributed by atoms with Crippen LogP contribution in [0, 0.1) is 0 Å². The fourth-order valence-corrected chi connectivity index (χ4v) is 0.796. The van der Waals surface area contributed by atoms with Crippen LogP contribution in [-0.2, 0) is 23.8 Å². The van der Waals surface area contributed by atoms with Crippen LogP contribution < -0.4 is 0 Å². The molecule has 0 aliphatic carbocycles. The molecule has 0 bridgehead atoms. The molecule has 6 nitrogen and oxygen atoms in total. The summed E-state index contributed by atoms with van der Waals surface area (Å²) >= 11 is 0.